The van der Waals surface area contributed by atoms with E-state index >= 15 is 0 Å². The van der Waals surface area contributed by atoms with Crippen LogP contribution in [0.25, 0.3) is 0 Å². The predicted octanol–water partition coefficient (Wildman–Crippen LogP) is 5.43. The molecule has 1 aliphatic rings. The number of thioether (sulfide) groups is 1. The third-order valence-corrected chi connectivity index (χ3v) is 4.69. The van der Waals surface area contributed by atoms with E-state index in [-0.39, 0.29) is 0 Å². The van der Waals surface area contributed by atoms with Crippen LogP contribution in [0.3, 0.4) is 0 Å². The molecular weight excluding hydrogens is 300 g/mol. The number of amidine groups is 1. The number of rotatable bonds is 4. The molecule has 0 aromatic heterocycles. The van der Waals surface area contributed by atoms with Crippen molar-refractivity contribution in [3.8, 4) is 0 Å². The minimum absolute atomic E-state index is 1.02. The van der Waals surface area contributed by atoms with Crippen LogP contribution in [0.5, 0.6) is 0 Å². The van der Waals surface area contributed by atoms with Crippen molar-refractivity contribution in [3.63, 3.8) is 0 Å². The van der Waals surface area contributed by atoms with Gasteiger partial charge in [-0.05, 0) is 55.5 Å². The molecule has 2 aromatic rings. The average molecular weight is 322 g/mol. The van der Waals surface area contributed by atoms with Gasteiger partial charge < -0.3 is 4.90 Å². The fourth-order valence-corrected chi connectivity index (χ4v) is 3.24. The lowest BCUT2D eigenvalue weighted by Crippen LogP contribution is -2.25. The second-order valence-corrected chi connectivity index (χ2v) is 6.71. The van der Waals surface area contributed by atoms with Gasteiger partial charge in [0, 0.05) is 18.0 Å². The van der Waals surface area contributed by atoms with E-state index in [1.54, 1.807) is 11.8 Å². The van der Waals surface area contributed by atoms with Crippen LogP contribution in [0.2, 0.25) is 0 Å². The second-order valence-electron chi connectivity index (χ2n) is 5.73. The summed E-state index contributed by atoms with van der Waals surface area (Å²) in [7, 11) is 0. The standard InChI is InChI=1S/C20H22N2S/c1-17-9-11-18(12-10-17)21-20(22-14-5-6-15-22)13-16-23-19-7-3-2-4-8-19/h2-4,7-13,16H,5-6,14-15H2,1H3. The monoisotopic (exact) mass is 322 g/mol. The number of aliphatic imine (C=N–C) groups is 1. The highest BCUT2D eigenvalue weighted by molar-refractivity contribution is 8.02. The number of hydrogen-bond donors (Lipinski definition) is 0. The van der Waals surface area contributed by atoms with Crippen LogP contribution < -0.4 is 0 Å². The zero-order valence-corrected chi connectivity index (χ0v) is 14.3. The molecule has 0 saturated carbocycles. The SMILES string of the molecule is Cc1ccc(N=C(C=CSc2ccccc2)N2CCCC2)cc1. The van der Waals surface area contributed by atoms with E-state index in [1.165, 1.54) is 23.3 Å². The number of aryl methyl sites for hydroxylation is 1. The van der Waals surface area contributed by atoms with Crippen LogP contribution in [-0.2, 0) is 0 Å². The fourth-order valence-electron chi connectivity index (χ4n) is 2.58. The molecule has 1 heterocycles. The smallest absolute Gasteiger partial charge is 0.129 e. The summed E-state index contributed by atoms with van der Waals surface area (Å²) in [4.78, 5) is 8.48. The third kappa shape index (κ3) is 4.73. The van der Waals surface area contributed by atoms with Crippen LogP contribution in [0, 0.1) is 6.92 Å². The van der Waals surface area contributed by atoms with Crippen molar-refractivity contribution >= 4 is 23.3 Å². The normalized spacial score (nSPS) is 15.5. The second kappa shape index (κ2) is 8.02. The zero-order valence-electron chi connectivity index (χ0n) is 13.5. The van der Waals surface area contributed by atoms with Crippen molar-refractivity contribution in [2.45, 2.75) is 24.7 Å². The Balaban J connectivity index is 1.76. The van der Waals surface area contributed by atoms with E-state index in [9.17, 15) is 0 Å². The van der Waals surface area contributed by atoms with Crippen molar-refractivity contribution in [2.24, 2.45) is 4.99 Å². The molecule has 0 bridgehead atoms. The van der Waals surface area contributed by atoms with Gasteiger partial charge in [-0.3, -0.25) is 0 Å². The Morgan fingerprint density at radius 1 is 1.00 bits per heavy atom. The molecule has 3 heteroatoms. The third-order valence-electron chi connectivity index (χ3n) is 3.87. The quantitative estimate of drug-likeness (QED) is 0.424. The highest BCUT2D eigenvalue weighted by Crippen LogP contribution is 2.20. The Morgan fingerprint density at radius 3 is 2.39 bits per heavy atom. The molecule has 2 nitrogen and oxygen atoms in total. The first-order chi connectivity index (χ1) is 11.3. The lowest BCUT2D eigenvalue weighted by molar-refractivity contribution is 0.523. The Kier molecular flexibility index (Phi) is 5.54. The Morgan fingerprint density at radius 2 is 1.70 bits per heavy atom. The highest BCUT2D eigenvalue weighted by Gasteiger charge is 2.14. The maximum Gasteiger partial charge on any atom is 0.129 e. The minimum atomic E-state index is 1.02. The zero-order chi connectivity index (χ0) is 15.9. The Labute approximate surface area is 142 Å². The summed E-state index contributed by atoms with van der Waals surface area (Å²) in [6, 6.07) is 18.8. The highest BCUT2D eigenvalue weighted by atomic mass is 32.2. The first kappa shape index (κ1) is 15.9. The Hall–Kier alpha value is -2.00. The summed E-state index contributed by atoms with van der Waals surface area (Å²) < 4.78 is 0. The first-order valence-corrected chi connectivity index (χ1v) is 8.98. The number of hydrogen-bond acceptors (Lipinski definition) is 2. The van der Waals surface area contributed by atoms with Crippen molar-refractivity contribution in [3.05, 3.63) is 71.6 Å². The van der Waals surface area contributed by atoms with Crippen molar-refractivity contribution in [1.29, 1.82) is 0 Å². The summed E-state index contributed by atoms with van der Waals surface area (Å²) in [5.74, 6) is 1.06. The molecule has 0 amide bonds. The molecule has 0 aliphatic carbocycles. The minimum Gasteiger partial charge on any atom is -0.357 e. The summed E-state index contributed by atoms with van der Waals surface area (Å²) >= 11 is 1.73. The van der Waals surface area contributed by atoms with E-state index in [4.69, 9.17) is 4.99 Å². The lowest BCUT2D eigenvalue weighted by Gasteiger charge is -2.17. The van der Waals surface area contributed by atoms with Crippen molar-refractivity contribution in [1.82, 2.24) is 4.90 Å². The van der Waals surface area contributed by atoms with Crippen molar-refractivity contribution in [2.75, 3.05) is 13.1 Å². The number of benzene rings is 2. The van der Waals surface area contributed by atoms with Crippen LogP contribution in [0.15, 0.2) is 76.0 Å². The van der Waals surface area contributed by atoms with E-state index in [0.717, 1.165) is 24.6 Å². The van der Waals surface area contributed by atoms with Gasteiger partial charge in [-0.15, -0.1) is 0 Å². The molecule has 0 N–H and O–H groups in total. The molecule has 2 aromatic carbocycles. The summed E-state index contributed by atoms with van der Waals surface area (Å²) in [6.45, 7) is 4.31. The van der Waals surface area contributed by atoms with Crippen LogP contribution in [-0.4, -0.2) is 23.8 Å². The molecular formula is C20H22N2S. The largest absolute Gasteiger partial charge is 0.357 e. The van der Waals surface area contributed by atoms with E-state index in [2.05, 4.69) is 71.8 Å². The first-order valence-electron chi connectivity index (χ1n) is 8.10. The maximum absolute atomic E-state index is 4.86. The summed E-state index contributed by atoms with van der Waals surface area (Å²) in [6.07, 6.45) is 4.65. The molecule has 1 fully saturated rings. The molecule has 0 radical (unpaired) electrons. The van der Waals surface area contributed by atoms with Crippen molar-refractivity contribution < 1.29 is 0 Å². The van der Waals surface area contributed by atoms with Gasteiger partial charge in [0.25, 0.3) is 0 Å². The molecule has 0 atom stereocenters. The van der Waals surface area contributed by atoms with Crippen LogP contribution in [0.1, 0.15) is 18.4 Å². The predicted molar refractivity (Wildman–Crippen MR) is 101 cm³/mol. The van der Waals surface area contributed by atoms with Gasteiger partial charge in [0.05, 0.1) is 5.69 Å². The van der Waals surface area contributed by atoms with E-state index in [0.29, 0.717) is 0 Å². The molecule has 1 aliphatic heterocycles. The van der Waals surface area contributed by atoms with Gasteiger partial charge in [0.1, 0.15) is 5.84 Å². The van der Waals surface area contributed by atoms with E-state index in [1.807, 2.05) is 6.07 Å². The van der Waals surface area contributed by atoms with Gasteiger partial charge >= 0.3 is 0 Å². The topological polar surface area (TPSA) is 15.6 Å². The van der Waals surface area contributed by atoms with Gasteiger partial charge in [0.15, 0.2) is 0 Å². The summed E-state index contributed by atoms with van der Waals surface area (Å²) in [5.41, 5.74) is 2.29. The summed E-state index contributed by atoms with van der Waals surface area (Å²) in [5, 5.41) is 2.14. The molecule has 0 spiro atoms. The average Bonchev–Trinajstić information content (AvgIpc) is 3.11. The van der Waals surface area contributed by atoms with Crippen LogP contribution in [0.4, 0.5) is 5.69 Å². The maximum atomic E-state index is 4.86. The van der Waals surface area contributed by atoms with Gasteiger partial charge in [-0.25, -0.2) is 4.99 Å². The van der Waals surface area contributed by atoms with Gasteiger partial charge in [0.2, 0.25) is 0 Å². The lowest BCUT2D eigenvalue weighted by atomic mass is 10.2. The molecule has 118 valence electrons. The fraction of sp³-hybridized carbons (Fsp3) is 0.250. The molecule has 0 unspecified atom stereocenters. The van der Waals surface area contributed by atoms with E-state index < -0.39 is 0 Å². The molecule has 1 saturated heterocycles. The number of nitrogens with zero attached hydrogens (tertiary/aromatic N) is 2. The molecule has 3 rings (SSSR count). The van der Waals surface area contributed by atoms with Gasteiger partial charge in [-0.1, -0.05) is 47.7 Å². The Bertz CT molecular complexity index is 669. The van der Waals surface area contributed by atoms with Crippen LogP contribution >= 0.6 is 11.8 Å². The molecule has 23 heavy (non-hydrogen) atoms. The number of likely N-dealkylation sites (tertiary alicyclic amines) is 1. The van der Waals surface area contributed by atoms with Gasteiger partial charge in [-0.2, -0.15) is 0 Å².